The molecule has 1 atom stereocenters. The van der Waals surface area contributed by atoms with Crippen molar-refractivity contribution in [1.29, 1.82) is 0 Å². The fourth-order valence-corrected chi connectivity index (χ4v) is 2.55. The lowest BCUT2D eigenvalue weighted by Crippen LogP contribution is -2.19. The SMILES string of the molecule is CCCOc1ccc(CCCC(N)CCC)c(CC)c1. The highest BCUT2D eigenvalue weighted by atomic mass is 16.5. The largest absolute Gasteiger partial charge is 0.494 e. The third-order valence-corrected chi connectivity index (χ3v) is 3.71. The van der Waals surface area contributed by atoms with Crippen LogP contribution in [0.3, 0.4) is 0 Å². The Morgan fingerprint density at radius 2 is 1.85 bits per heavy atom. The van der Waals surface area contributed by atoms with Crippen LogP contribution >= 0.6 is 0 Å². The van der Waals surface area contributed by atoms with E-state index in [1.807, 2.05) is 0 Å². The van der Waals surface area contributed by atoms with Crippen molar-refractivity contribution in [3.8, 4) is 5.75 Å². The van der Waals surface area contributed by atoms with E-state index >= 15 is 0 Å². The van der Waals surface area contributed by atoms with Crippen molar-refractivity contribution in [2.24, 2.45) is 5.73 Å². The minimum Gasteiger partial charge on any atom is -0.494 e. The molecule has 0 aliphatic heterocycles. The van der Waals surface area contributed by atoms with Gasteiger partial charge in [0.1, 0.15) is 5.75 Å². The van der Waals surface area contributed by atoms with E-state index in [0.29, 0.717) is 6.04 Å². The first-order valence-electron chi connectivity index (χ1n) is 8.21. The normalized spacial score (nSPS) is 12.4. The van der Waals surface area contributed by atoms with Gasteiger partial charge < -0.3 is 10.5 Å². The number of benzene rings is 1. The summed E-state index contributed by atoms with van der Waals surface area (Å²) in [5, 5.41) is 0. The first kappa shape index (κ1) is 17.0. The second-order valence-corrected chi connectivity index (χ2v) is 5.57. The maximum Gasteiger partial charge on any atom is 0.119 e. The summed E-state index contributed by atoms with van der Waals surface area (Å²) in [6, 6.07) is 6.92. The van der Waals surface area contributed by atoms with Crippen molar-refractivity contribution >= 4 is 0 Å². The molecule has 0 saturated carbocycles. The van der Waals surface area contributed by atoms with Crippen LogP contribution in [0, 0.1) is 0 Å². The molecule has 1 rings (SSSR count). The van der Waals surface area contributed by atoms with Gasteiger partial charge in [-0.1, -0.05) is 33.3 Å². The van der Waals surface area contributed by atoms with E-state index in [0.717, 1.165) is 44.5 Å². The molecule has 0 saturated heterocycles. The van der Waals surface area contributed by atoms with Crippen molar-refractivity contribution in [3.63, 3.8) is 0 Å². The Labute approximate surface area is 124 Å². The predicted molar refractivity (Wildman–Crippen MR) is 87.4 cm³/mol. The average molecular weight is 277 g/mol. The zero-order chi connectivity index (χ0) is 14.8. The minimum absolute atomic E-state index is 0.372. The summed E-state index contributed by atoms with van der Waals surface area (Å²) < 4.78 is 5.71. The van der Waals surface area contributed by atoms with Crippen molar-refractivity contribution in [3.05, 3.63) is 29.3 Å². The standard InChI is InChI=1S/C18H31NO/c1-4-8-17(19)10-7-9-16-11-12-18(20-13-5-2)14-15(16)6-3/h11-12,14,17H,4-10,13,19H2,1-3H3. The van der Waals surface area contributed by atoms with Crippen LogP contribution in [0.2, 0.25) is 0 Å². The Morgan fingerprint density at radius 3 is 2.50 bits per heavy atom. The van der Waals surface area contributed by atoms with Gasteiger partial charge in [0.2, 0.25) is 0 Å². The maximum absolute atomic E-state index is 6.08. The summed E-state index contributed by atoms with van der Waals surface area (Å²) in [6.07, 6.45) is 7.90. The van der Waals surface area contributed by atoms with E-state index in [-0.39, 0.29) is 0 Å². The lowest BCUT2D eigenvalue weighted by Gasteiger charge is -2.13. The molecule has 1 aromatic rings. The summed E-state index contributed by atoms with van der Waals surface area (Å²) >= 11 is 0. The Hall–Kier alpha value is -1.02. The predicted octanol–water partition coefficient (Wildman–Crippen LogP) is 4.49. The lowest BCUT2D eigenvalue weighted by atomic mass is 9.97. The van der Waals surface area contributed by atoms with Crippen LogP contribution in [-0.4, -0.2) is 12.6 Å². The highest BCUT2D eigenvalue weighted by Gasteiger charge is 2.06. The molecule has 0 aromatic heterocycles. The Kier molecular flexibility index (Phi) is 8.36. The van der Waals surface area contributed by atoms with Crippen LogP contribution in [0.1, 0.15) is 64.0 Å². The molecule has 0 radical (unpaired) electrons. The van der Waals surface area contributed by atoms with Crippen LogP contribution in [0.15, 0.2) is 18.2 Å². The summed E-state index contributed by atoms with van der Waals surface area (Å²) in [7, 11) is 0. The van der Waals surface area contributed by atoms with Crippen molar-refractivity contribution in [1.82, 2.24) is 0 Å². The van der Waals surface area contributed by atoms with Gasteiger partial charge in [0, 0.05) is 6.04 Å². The second-order valence-electron chi connectivity index (χ2n) is 5.57. The number of hydrogen-bond donors (Lipinski definition) is 1. The van der Waals surface area contributed by atoms with E-state index < -0.39 is 0 Å². The van der Waals surface area contributed by atoms with E-state index in [1.54, 1.807) is 0 Å². The fraction of sp³-hybridized carbons (Fsp3) is 0.667. The molecule has 0 fully saturated rings. The van der Waals surface area contributed by atoms with E-state index in [4.69, 9.17) is 10.5 Å². The molecule has 0 amide bonds. The van der Waals surface area contributed by atoms with Crippen LogP contribution in [0.4, 0.5) is 0 Å². The Balaban J connectivity index is 2.52. The van der Waals surface area contributed by atoms with Crippen LogP contribution in [0.5, 0.6) is 5.75 Å². The number of nitrogens with two attached hydrogens (primary N) is 1. The van der Waals surface area contributed by atoms with Gasteiger partial charge in [-0.2, -0.15) is 0 Å². The number of rotatable bonds is 10. The molecule has 0 heterocycles. The van der Waals surface area contributed by atoms with E-state index in [9.17, 15) is 0 Å². The van der Waals surface area contributed by atoms with E-state index in [2.05, 4.69) is 39.0 Å². The molecule has 114 valence electrons. The molecular weight excluding hydrogens is 246 g/mol. The summed E-state index contributed by atoms with van der Waals surface area (Å²) in [4.78, 5) is 0. The van der Waals surface area contributed by atoms with Gasteiger partial charge in [0.15, 0.2) is 0 Å². The van der Waals surface area contributed by atoms with Crippen LogP contribution in [-0.2, 0) is 12.8 Å². The molecule has 1 unspecified atom stereocenters. The molecule has 0 aliphatic rings. The Bertz CT molecular complexity index is 376. The highest BCUT2D eigenvalue weighted by molar-refractivity contribution is 5.35. The molecule has 20 heavy (non-hydrogen) atoms. The molecule has 0 bridgehead atoms. The summed E-state index contributed by atoms with van der Waals surface area (Å²) in [6.45, 7) is 7.35. The topological polar surface area (TPSA) is 35.2 Å². The van der Waals surface area contributed by atoms with Gasteiger partial charge in [0.05, 0.1) is 6.61 Å². The number of ether oxygens (including phenoxy) is 1. The van der Waals surface area contributed by atoms with Crippen molar-refractivity contribution in [2.75, 3.05) is 6.61 Å². The molecule has 2 heteroatoms. The van der Waals surface area contributed by atoms with Gasteiger partial charge in [-0.15, -0.1) is 0 Å². The zero-order valence-electron chi connectivity index (χ0n) is 13.5. The lowest BCUT2D eigenvalue weighted by molar-refractivity contribution is 0.317. The molecule has 2 nitrogen and oxygen atoms in total. The molecule has 0 aliphatic carbocycles. The van der Waals surface area contributed by atoms with Gasteiger partial charge in [-0.25, -0.2) is 0 Å². The number of hydrogen-bond acceptors (Lipinski definition) is 2. The molecular formula is C18H31NO. The summed E-state index contributed by atoms with van der Waals surface area (Å²) in [5.74, 6) is 1.01. The van der Waals surface area contributed by atoms with Crippen LogP contribution < -0.4 is 10.5 Å². The van der Waals surface area contributed by atoms with Gasteiger partial charge in [-0.05, 0) is 61.8 Å². The van der Waals surface area contributed by atoms with Gasteiger partial charge in [-0.3, -0.25) is 0 Å². The van der Waals surface area contributed by atoms with Crippen LogP contribution in [0.25, 0.3) is 0 Å². The first-order valence-corrected chi connectivity index (χ1v) is 8.21. The van der Waals surface area contributed by atoms with Gasteiger partial charge >= 0.3 is 0 Å². The van der Waals surface area contributed by atoms with E-state index in [1.165, 1.54) is 24.0 Å². The maximum atomic E-state index is 6.08. The molecule has 0 spiro atoms. The minimum atomic E-state index is 0.372. The smallest absolute Gasteiger partial charge is 0.119 e. The third-order valence-electron chi connectivity index (χ3n) is 3.71. The van der Waals surface area contributed by atoms with Crippen molar-refractivity contribution in [2.45, 2.75) is 71.8 Å². The first-order chi connectivity index (χ1) is 9.71. The van der Waals surface area contributed by atoms with Crippen molar-refractivity contribution < 1.29 is 4.74 Å². The molecule has 1 aromatic carbocycles. The Morgan fingerprint density at radius 1 is 1.05 bits per heavy atom. The monoisotopic (exact) mass is 277 g/mol. The average Bonchev–Trinajstić information content (AvgIpc) is 2.46. The fourth-order valence-electron chi connectivity index (χ4n) is 2.55. The third kappa shape index (κ3) is 5.96. The zero-order valence-corrected chi connectivity index (χ0v) is 13.5. The van der Waals surface area contributed by atoms with Gasteiger partial charge in [0.25, 0.3) is 0 Å². The second kappa shape index (κ2) is 9.82. The highest BCUT2D eigenvalue weighted by Crippen LogP contribution is 2.21. The number of aryl methyl sites for hydroxylation is 2. The molecule has 2 N–H and O–H groups in total. The summed E-state index contributed by atoms with van der Waals surface area (Å²) in [5.41, 5.74) is 8.96. The quantitative estimate of drug-likeness (QED) is 0.684.